The number of benzene rings is 2. The number of pyridine rings is 1. The summed E-state index contributed by atoms with van der Waals surface area (Å²) in [4.78, 5) is 15.8. The van der Waals surface area contributed by atoms with Crippen molar-refractivity contribution in [1.82, 2.24) is 14.8 Å². The van der Waals surface area contributed by atoms with Crippen molar-refractivity contribution in [3.05, 3.63) is 71.9 Å². The van der Waals surface area contributed by atoms with Crippen LogP contribution in [-0.2, 0) is 27.6 Å². The number of nitrogens with zero attached hydrogens (tertiary/aromatic N) is 3. The molecular formula is C30H35FN4O3S. The molecule has 1 saturated carbocycles. The van der Waals surface area contributed by atoms with Gasteiger partial charge in [-0.05, 0) is 76.4 Å². The fourth-order valence-electron chi connectivity index (χ4n) is 4.11. The molecule has 1 aliphatic carbocycles. The number of nitrogens with one attached hydrogen (secondary N) is 1. The number of rotatable bonds is 7. The summed E-state index contributed by atoms with van der Waals surface area (Å²) in [7, 11) is 0.851. The number of anilines is 1. The number of fused-ring (bicyclic) bond motifs is 1. The molecule has 1 unspecified atom stereocenters. The first-order valence-corrected chi connectivity index (χ1v) is 14.3. The minimum atomic E-state index is -1.04. The van der Waals surface area contributed by atoms with Crippen LogP contribution < -0.4 is 10.1 Å². The van der Waals surface area contributed by atoms with Crippen LogP contribution in [0.25, 0.3) is 10.9 Å². The molecule has 0 amide bonds. The van der Waals surface area contributed by atoms with Gasteiger partial charge in [0.2, 0.25) is 0 Å². The molecule has 206 valence electrons. The fraction of sp³-hybridized carbons (Fsp3) is 0.367. The normalized spacial score (nSPS) is 14.2. The molecule has 2 heterocycles. The molecule has 0 bridgehead atoms. The van der Waals surface area contributed by atoms with Gasteiger partial charge in [-0.25, -0.2) is 4.39 Å². The van der Waals surface area contributed by atoms with E-state index in [1.54, 1.807) is 31.3 Å². The molecule has 1 aliphatic rings. The lowest BCUT2D eigenvalue weighted by Gasteiger charge is -2.24. The van der Waals surface area contributed by atoms with Crippen LogP contribution in [0.4, 0.5) is 10.1 Å². The van der Waals surface area contributed by atoms with E-state index < -0.39 is 16.6 Å². The highest BCUT2D eigenvalue weighted by atomic mass is 32.2. The second-order valence-electron chi connectivity index (χ2n) is 10.6. The highest BCUT2D eigenvalue weighted by Gasteiger charge is 2.25. The molecule has 7 nitrogen and oxygen atoms in total. The van der Waals surface area contributed by atoms with Gasteiger partial charge in [0.15, 0.2) is 0 Å². The van der Waals surface area contributed by atoms with Crippen LogP contribution in [-0.4, -0.2) is 37.6 Å². The number of aldehydes is 1. The molecule has 39 heavy (non-hydrogen) atoms. The van der Waals surface area contributed by atoms with Gasteiger partial charge in [0.05, 0.1) is 33.7 Å². The van der Waals surface area contributed by atoms with E-state index in [1.807, 2.05) is 42.3 Å². The maximum Gasteiger partial charge on any atom is 0.138 e. The van der Waals surface area contributed by atoms with Crippen molar-refractivity contribution in [3.63, 3.8) is 0 Å². The Bertz CT molecular complexity index is 1490. The molecule has 0 radical (unpaired) electrons. The molecule has 0 saturated heterocycles. The van der Waals surface area contributed by atoms with Gasteiger partial charge >= 0.3 is 0 Å². The Labute approximate surface area is 231 Å². The van der Waals surface area contributed by atoms with Gasteiger partial charge in [-0.15, -0.1) is 0 Å². The van der Waals surface area contributed by atoms with E-state index in [0.29, 0.717) is 28.9 Å². The summed E-state index contributed by atoms with van der Waals surface area (Å²) in [6.45, 7) is 8.00. The van der Waals surface area contributed by atoms with Crippen LogP contribution >= 0.6 is 0 Å². The molecule has 4 aromatic rings. The van der Waals surface area contributed by atoms with E-state index >= 15 is 0 Å². The van der Waals surface area contributed by atoms with Crippen molar-refractivity contribution in [2.75, 3.05) is 12.4 Å². The van der Waals surface area contributed by atoms with Crippen LogP contribution in [0.5, 0.6) is 11.5 Å². The highest BCUT2D eigenvalue weighted by molar-refractivity contribution is 7.85. The quantitative estimate of drug-likeness (QED) is 0.263. The van der Waals surface area contributed by atoms with Crippen LogP contribution in [0.1, 0.15) is 51.2 Å². The fourth-order valence-corrected chi connectivity index (χ4v) is 5.69. The summed E-state index contributed by atoms with van der Waals surface area (Å²) in [5, 5.41) is 8.21. The highest BCUT2D eigenvalue weighted by Crippen LogP contribution is 2.35. The molecule has 1 N–H and O–H groups in total. The van der Waals surface area contributed by atoms with Gasteiger partial charge in [0.25, 0.3) is 0 Å². The van der Waals surface area contributed by atoms with E-state index in [9.17, 15) is 13.4 Å². The molecule has 0 spiro atoms. The maximum atomic E-state index is 14.5. The van der Waals surface area contributed by atoms with Gasteiger partial charge < -0.3 is 14.8 Å². The molecule has 2 aromatic heterocycles. The monoisotopic (exact) mass is 550 g/mol. The van der Waals surface area contributed by atoms with Crippen LogP contribution in [0, 0.1) is 12.7 Å². The Kier molecular flexibility index (Phi) is 8.80. The summed E-state index contributed by atoms with van der Waals surface area (Å²) in [6.07, 6.45) is 9.28. The Balaban J connectivity index is 0.000000270. The predicted molar refractivity (Wildman–Crippen MR) is 154 cm³/mol. The van der Waals surface area contributed by atoms with Crippen molar-refractivity contribution in [2.24, 2.45) is 0 Å². The number of carbonyl (C=O) groups is 1. The zero-order valence-corrected chi connectivity index (χ0v) is 23.8. The van der Waals surface area contributed by atoms with Gasteiger partial charge in [0.1, 0.15) is 23.6 Å². The minimum Gasteiger partial charge on any atom is -0.456 e. The van der Waals surface area contributed by atoms with Gasteiger partial charge in [-0.1, -0.05) is 12.5 Å². The van der Waals surface area contributed by atoms with Crippen molar-refractivity contribution >= 4 is 33.7 Å². The summed E-state index contributed by atoms with van der Waals surface area (Å²) >= 11 is 0. The molecule has 1 fully saturated rings. The topological polar surface area (TPSA) is 86.1 Å². The number of hydrogen-bond acceptors (Lipinski definition) is 6. The predicted octanol–water partition coefficient (Wildman–Crippen LogP) is 6.56. The number of aromatic nitrogens is 3. The first-order chi connectivity index (χ1) is 18.6. The number of carbonyl (C=O) groups excluding carboxylic acids is 1. The Morgan fingerprint density at radius 2 is 1.95 bits per heavy atom. The molecule has 2 aromatic carbocycles. The summed E-state index contributed by atoms with van der Waals surface area (Å²) in [6, 6.07) is 10.5. The zero-order valence-electron chi connectivity index (χ0n) is 23.0. The smallest absolute Gasteiger partial charge is 0.138 e. The average Bonchev–Trinajstić information content (AvgIpc) is 3.38. The third-order valence-electron chi connectivity index (χ3n) is 6.76. The lowest BCUT2D eigenvalue weighted by molar-refractivity contribution is -0.107. The Morgan fingerprint density at radius 1 is 1.18 bits per heavy atom. The van der Waals surface area contributed by atoms with Crippen LogP contribution in [0.2, 0.25) is 0 Å². The minimum absolute atomic E-state index is 0.0292. The number of halogens is 1. The van der Waals surface area contributed by atoms with E-state index in [1.165, 1.54) is 0 Å². The molecule has 9 heteroatoms. The van der Waals surface area contributed by atoms with Crippen molar-refractivity contribution in [3.8, 4) is 11.5 Å². The Hall–Kier alpha value is -3.59. The lowest BCUT2D eigenvalue weighted by Crippen LogP contribution is -2.23. The molecule has 0 aliphatic heterocycles. The molecule has 5 rings (SSSR count). The summed E-state index contributed by atoms with van der Waals surface area (Å²) < 4.78 is 35.1. The maximum absolute atomic E-state index is 14.5. The second kappa shape index (κ2) is 12.1. The summed E-state index contributed by atoms with van der Waals surface area (Å²) in [5.41, 5.74) is 2.55. The third-order valence-corrected chi connectivity index (χ3v) is 8.55. The van der Waals surface area contributed by atoms with E-state index in [2.05, 4.69) is 36.2 Å². The van der Waals surface area contributed by atoms with Gasteiger partial charge in [-0.3, -0.25) is 13.9 Å². The number of ether oxygens (including phenoxy) is 1. The molecule has 1 atom stereocenters. The number of hydrogen-bond donors (Lipinski definition) is 1. The largest absolute Gasteiger partial charge is 0.456 e. The first kappa shape index (κ1) is 28.4. The van der Waals surface area contributed by atoms with Gasteiger partial charge in [0, 0.05) is 47.0 Å². The van der Waals surface area contributed by atoms with Crippen LogP contribution in [0.15, 0.2) is 59.9 Å². The molecular weight excluding hydrogens is 515 g/mol. The standard InChI is InChI=1S/C22H20FNO3S.C8H15N3/c1-14-20(8-5-15(10-12-25)22(14)23)27-21-9-11-24-19-7-6-17(13-18(19)21)28(26)16-3-2-4-16;1-8(2,3)11-6-7(9-4)5-10-11/h5-9,11-13,16H,2-4,10H2,1H3;5-6,9H,1-4H3. The van der Waals surface area contributed by atoms with Crippen molar-refractivity contribution in [1.29, 1.82) is 0 Å². The zero-order chi connectivity index (χ0) is 28.2. The third kappa shape index (κ3) is 6.53. The first-order valence-electron chi connectivity index (χ1n) is 13.0. The van der Waals surface area contributed by atoms with Crippen molar-refractivity contribution < 1.29 is 18.1 Å². The van der Waals surface area contributed by atoms with Crippen molar-refractivity contribution in [2.45, 2.75) is 69.1 Å². The SMILES string of the molecule is CNc1cnn(C(C)(C)C)c1.Cc1c(Oc2ccnc3ccc(S(=O)C4CCC4)cc23)ccc(CC=O)c1F. The second-order valence-corrected chi connectivity index (χ2v) is 12.3. The average molecular weight is 551 g/mol. The lowest BCUT2D eigenvalue weighted by atomic mass is 10.00. The summed E-state index contributed by atoms with van der Waals surface area (Å²) in [5.74, 6) is 0.475. The van der Waals surface area contributed by atoms with Crippen LogP contribution in [0.3, 0.4) is 0 Å². The Morgan fingerprint density at radius 3 is 2.54 bits per heavy atom. The van der Waals surface area contributed by atoms with Gasteiger partial charge in [-0.2, -0.15) is 5.10 Å². The van der Waals surface area contributed by atoms with E-state index in [-0.39, 0.29) is 17.2 Å². The van der Waals surface area contributed by atoms with E-state index in [4.69, 9.17) is 4.74 Å². The van der Waals surface area contributed by atoms with E-state index in [0.717, 1.165) is 40.7 Å².